The number of thioether (sulfide) groups is 1. The third-order valence-corrected chi connectivity index (χ3v) is 4.67. The maximum absolute atomic E-state index is 12.2. The first-order valence-corrected chi connectivity index (χ1v) is 8.46. The topological polar surface area (TPSA) is 114 Å². The SMILES string of the molecule is COc1ccc(C(=O)COC(=O)CSc2nnc(N)s2)c(OC)c1. The van der Waals surface area contributed by atoms with Crippen molar-refractivity contribution < 1.29 is 23.8 Å². The summed E-state index contributed by atoms with van der Waals surface area (Å²) in [5.41, 5.74) is 5.76. The Morgan fingerprint density at radius 3 is 2.67 bits per heavy atom. The highest BCUT2D eigenvalue weighted by Gasteiger charge is 2.16. The molecule has 128 valence electrons. The van der Waals surface area contributed by atoms with Crippen molar-refractivity contribution in [2.75, 3.05) is 32.3 Å². The van der Waals surface area contributed by atoms with Crippen LogP contribution in [0.5, 0.6) is 11.5 Å². The lowest BCUT2D eigenvalue weighted by Crippen LogP contribution is -2.16. The molecule has 0 aliphatic heterocycles. The van der Waals surface area contributed by atoms with Crippen molar-refractivity contribution >= 4 is 40.0 Å². The van der Waals surface area contributed by atoms with Crippen LogP contribution < -0.4 is 15.2 Å². The number of aromatic nitrogens is 2. The molecule has 1 aromatic heterocycles. The lowest BCUT2D eigenvalue weighted by molar-refractivity contribution is -0.139. The van der Waals surface area contributed by atoms with Crippen LogP contribution >= 0.6 is 23.1 Å². The number of ether oxygens (including phenoxy) is 3. The van der Waals surface area contributed by atoms with Crippen molar-refractivity contribution in [3.05, 3.63) is 23.8 Å². The van der Waals surface area contributed by atoms with Gasteiger partial charge in [0.15, 0.2) is 10.9 Å². The number of ketones is 1. The average Bonchev–Trinajstić information content (AvgIpc) is 3.02. The van der Waals surface area contributed by atoms with E-state index in [9.17, 15) is 9.59 Å². The van der Waals surface area contributed by atoms with Gasteiger partial charge in [0.2, 0.25) is 10.9 Å². The molecule has 1 aromatic carbocycles. The molecule has 2 N–H and O–H groups in total. The number of carbonyl (C=O) groups excluding carboxylic acids is 2. The van der Waals surface area contributed by atoms with Crippen LogP contribution in [0.4, 0.5) is 5.13 Å². The minimum Gasteiger partial charge on any atom is -0.497 e. The smallest absolute Gasteiger partial charge is 0.316 e. The van der Waals surface area contributed by atoms with Crippen LogP contribution in [0, 0.1) is 0 Å². The lowest BCUT2D eigenvalue weighted by Gasteiger charge is -2.09. The standard InChI is InChI=1S/C14H15N3O5S2/c1-20-8-3-4-9(11(5-8)21-2)10(18)6-22-12(19)7-23-14-17-16-13(15)24-14/h3-5H,6-7H2,1-2H3,(H2,15,16). The van der Waals surface area contributed by atoms with E-state index in [1.54, 1.807) is 18.2 Å². The van der Waals surface area contributed by atoms with Crippen molar-refractivity contribution in [1.82, 2.24) is 10.2 Å². The molecule has 8 nitrogen and oxygen atoms in total. The minimum absolute atomic E-state index is 0.0155. The van der Waals surface area contributed by atoms with E-state index < -0.39 is 5.97 Å². The van der Waals surface area contributed by atoms with Gasteiger partial charge in [0.25, 0.3) is 0 Å². The normalized spacial score (nSPS) is 10.2. The Hall–Kier alpha value is -2.33. The van der Waals surface area contributed by atoms with Crippen LogP contribution in [-0.4, -0.2) is 48.5 Å². The van der Waals surface area contributed by atoms with Gasteiger partial charge in [0.05, 0.1) is 25.5 Å². The third kappa shape index (κ3) is 4.83. The first-order chi connectivity index (χ1) is 11.5. The van der Waals surface area contributed by atoms with Crippen molar-refractivity contribution in [3.63, 3.8) is 0 Å². The molecule has 0 fully saturated rings. The molecule has 0 unspecified atom stereocenters. The molecule has 0 saturated heterocycles. The molecule has 0 spiro atoms. The van der Waals surface area contributed by atoms with Gasteiger partial charge in [-0.25, -0.2) is 0 Å². The number of esters is 1. The zero-order valence-corrected chi connectivity index (χ0v) is 14.6. The van der Waals surface area contributed by atoms with Crippen molar-refractivity contribution in [3.8, 4) is 11.5 Å². The largest absolute Gasteiger partial charge is 0.497 e. The number of Topliss-reactive ketones (excluding diaryl/α,β-unsaturated/α-hetero) is 1. The molecule has 0 bridgehead atoms. The van der Waals surface area contributed by atoms with Gasteiger partial charge in [-0.2, -0.15) is 0 Å². The van der Waals surface area contributed by atoms with Crippen molar-refractivity contribution in [2.24, 2.45) is 0 Å². The predicted molar refractivity (Wildman–Crippen MR) is 89.9 cm³/mol. The number of anilines is 1. The zero-order valence-electron chi connectivity index (χ0n) is 13.0. The molecule has 0 atom stereocenters. The first kappa shape index (κ1) is 18.0. The number of nitrogens with two attached hydrogens (primary N) is 1. The quantitative estimate of drug-likeness (QED) is 0.421. The number of hydrogen-bond donors (Lipinski definition) is 1. The number of methoxy groups -OCH3 is 2. The summed E-state index contributed by atoms with van der Waals surface area (Å²) in [5, 5.41) is 7.74. The van der Waals surface area contributed by atoms with Crippen LogP contribution in [0.1, 0.15) is 10.4 Å². The maximum atomic E-state index is 12.2. The molecule has 0 aliphatic carbocycles. The molecule has 2 rings (SSSR count). The summed E-state index contributed by atoms with van der Waals surface area (Å²) < 4.78 is 15.8. The molecular formula is C14H15N3O5S2. The molecule has 2 aromatic rings. The van der Waals surface area contributed by atoms with Crippen LogP contribution in [0.2, 0.25) is 0 Å². The fourth-order valence-corrected chi connectivity index (χ4v) is 3.13. The second-order valence-electron chi connectivity index (χ2n) is 4.34. The van der Waals surface area contributed by atoms with E-state index in [1.807, 2.05) is 0 Å². The summed E-state index contributed by atoms with van der Waals surface area (Å²) >= 11 is 2.32. The molecular weight excluding hydrogens is 354 g/mol. The molecule has 0 amide bonds. The Balaban J connectivity index is 1.87. The number of nitrogens with zero attached hydrogens (tertiary/aromatic N) is 2. The number of carbonyl (C=O) groups is 2. The van der Waals surface area contributed by atoms with Gasteiger partial charge in [0.1, 0.15) is 11.5 Å². The van der Waals surface area contributed by atoms with Crippen LogP contribution in [0.25, 0.3) is 0 Å². The number of rotatable bonds is 8. The number of nitrogen functional groups attached to an aromatic ring is 1. The Morgan fingerprint density at radius 1 is 1.25 bits per heavy atom. The molecule has 10 heteroatoms. The molecule has 24 heavy (non-hydrogen) atoms. The summed E-state index contributed by atoms with van der Waals surface area (Å²) in [5.74, 6) is 0.0339. The van der Waals surface area contributed by atoms with E-state index in [1.165, 1.54) is 25.6 Å². The van der Waals surface area contributed by atoms with E-state index >= 15 is 0 Å². The Kier molecular flexibility index (Phi) is 6.38. The summed E-state index contributed by atoms with van der Waals surface area (Å²) in [6.45, 7) is -0.375. The highest BCUT2D eigenvalue weighted by molar-refractivity contribution is 8.01. The summed E-state index contributed by atoms with van der Waals surface area (Å²) in [4.78, 5) is 23.9. The van der Waals surface area contributed by atoms with Gasteiger partial charge >= 0.3 is 5.97 Å². The van der Waals surface area contributed by atoms with E-state index in [4.69, 9.17) is 19.9 Å². The van der Waals surface area contributed by atoms with Crippen molar-refractivity contribution in [1.29, 1.82) is 0 Å². The maximum Gasteiger partial charge on any atom is 0.316 e. The number of benzene rings is 1. The van der Waals surface area contributed by atoms with Gasteiger partial charge in [0, 0.05) is 6.07 Å². The van der Waals surface area contributed by atoms with Crippen LogP contribution in [0.15, 0.2) is 22.5 Å². The highest BCUT2D eigenvalue weighted by Crippen LogP contribution is 2.25. The molecule has 0 saturated carbocycles. The van der Waals surface area contributed by atoms with E-state index in [2.05, 4.69) is 10.2 Å². The summed E-state index contributed by atoms with van der Waals surface area (Å²) in [6.07, 6.45) is 0. The van der Waals surface area contributed by atoms with Gasteiger partial charge in [-0.05, 0) is 12.1 Å². The lowest BCUT2D eigenvalue weighted by atomic mass is 10.1. The van der Waals surface area contributed by atoms with Crippen LogP contribution in [-0.2, 0) is 9.53 Å². The highest BCUT2D eigenvalue weighted by atomic mass is 32.2. The van der Waals surface area contributed by atoms with E-state index in [0.717, 1.165) is 11.8 Å². The number of hydrogen-bond acceptors (Lipinski definition) is 10. The Morgan fingerprint density at radius 2 is 2.04 bits per heavy atom. The first-order valence-electron chi connectivity index (χ1n) is 6.66. The summed E-state index contributed by atoms with van der Waals surface area (Å²) in [6, 6.07) is 4.78. The molecule has 1 heterocycles. The Labute approximate surface area is 146 Å². The van der Waals surface area contributed by atoms with Gasteiger partial charge in [-0.1, -0.05) is 23.1 Å². The predicted octanol–water partition coefficient (Wildman–Crippen LogP) is 1.66. The minimum atomic E-state index is -0.533. The van der Waals surface area contributed by atoms with E-state index in [-0.39, 0.29) is 18.1 Å². The zero-order chi connectivity index (χ0) is 17.5. The fraction of sp³-hybridized carbons (Fsp3) is 0.286. The third-order valence-electron chi connectivity index (χ3n) is 2.81. The molecule has 0 radical (unpaired) electrons. The summed E-state index contributed by atoms with van der Waals surface area (Å²) in [7, 11) is 2.96. The van der Waals surface area contributed by atoms with Crippen molar-refractivity contribution in [2.45, 2.75) is 4.34 Å². The van der Waals surface area contributed by atoms with E-state index in [0.29, 0.717) is 26.5 Å². The fourth-order valence-electron chi connectivity index (χ4n) is 1.69. The second-order valence-corrected chi connectivity index (χ2v) is 6.58. The Bertz CT molecular complexity index is 735. The van der Waals surface area contributed by atoms with Crippen LogP contribution in [0.3, 0.4) is 0 Å². The average molecular weight is 369 g/mol. The second kappa shape index (κ2) is 8.50. The van der Waals surface area contributed by atoms with Gasteiger partial charge in [-0.3, -0.25) is 9.59 Å². The van der Waals surface area contributed by atoms with Gasteiger partial charge < -0.3 is 19.9 Å². The monoisotopic (exact) mass is 369 g/mol. The molecule has 0 aliphatic rings. The van der Waals surface area contributed by atoms with Gasteiger partial charge in [-0.15, -0.1) is 10.2 Å².